The highest BCUT2D eigenvalue weighted by Crippen LogP contribution is 2.25. The number of hydrogen-bond acceptors (Lipinski definition) is 4. The van der Waals surface area contributed by atoms with Gasteiger partial charge in [-0.1, -0.05) is 21.6 Å². The van der Waals surface area contributed by atoms with Crippen molar-refractivity contribution in [2.24, 2.45) is 0 Å². The van der Waals surface area contributed by atoms with E-state index >= 15 is 0 Å². The normalized spacial score (nSPS) is 13.1. The molecule has 0 aliphatic rings. The van der Waals surface area contributed by atoms with Crippen LogP contribution >= 0.6 is 21.6 Å². The van der Waals surface area contributed by atoms with E-state index in [-0.39, 0.29) is 0 Å². The van der Waals surface area contributed by atoms with Gasteiger partial charge in [0.1, 0.15) is 0 Å². The highest BCUT2D eigenvalue weighted by molar-refractivity contribution is 8.76. The quantitative estimate of drug-likeness (QED) is 0.388. The molecule has 0 radical (unpaired) electrons. The molecule has 0 aromatic heterocycles. The van der Waals surface area contributed by atoms with Crippen molar-refractivity contribution < 1.29 is 9.59 Å². The Kier molecular flexibility index (Phi) is 8.75. The molecule has 2 nitrogen and oxygen atoms in total. The van der Waals surface area contributed by atoms with Crippen LogP contribution in [0.1, 0.15) is 12.8 Å². The lowest BCUT2D eigenvalue weighted by molar-refractivity contribution is 0.545. The SMILES string of the molecule is C[Si](C)(O)CCCSSCCC[Si](C)(C)O. The molecule has 0 heterocycles. The summed E-state index contributed by atoms with van der Waals surface area (Å²) < 4.78 is 0. The van der Waals surface area contributed by atoms with Crippen LogP contribution in [-0.4, -0.2) is 37.7 Å². The van der Waals surface area contributed by atoms with Crippen LogP contribution in [0.25, 0.3) is 0 Å². The minimum absolute atomic E-state index is 1.01. The molecule has 0 aliphatic heterocycles. The second-order valence-corrected chi connectivity index (χ2v) is 16.4. The topological polar surface area (TPSA) is 40.5 Å². The first-order chi connectivity index (χ1) is 7.21. The Morgan fingerprint density at radius 3 is 1.31 bits per heavy atom. The Hall–Kier alpha value is 1.05. The Morgan fingerprint density at radius 1 is 0.750 bits per heavy atom. The summed E-state index contributed by atoms with van der Waals surface area (Å²) in [6.07, 6.45) is 2.27. The third kappa shape index (κ3) is 15.1. The van der Waals surface area contributed by atoms with Gasteiger partial charge in [0.25, 0.3) is 0 Å². The smallest absolute Gasteiger partial charge is 0.182 e. The van der Waals surface area contributed by atoms with E-state index in [1.165, 1.54) is 0 Å². The summed E-state index contributed by atoms with van der Waals surface area (Å²) in [5, 5.41) is 0. The molecule has 0 fully saturated rings. The molecule has 0 aromatic rings. The monoisotopic (exact) mass is 298 g/mol. The maximum absolute atomic E-state index is 9.65. The summed E-state index contributed by atoms with van der Waals surface area (Å²) in [5.74, 6) is 2.28. The summed E-state index contributed by atoms with van der Waals surface area (Å²) in [6, 6.07) is 2.02. The molecule has 98 valence electrons. The molecule has 0 aliphatic carbocycles. The Balaban J connectivity index is 3.17. The van der Waals surface area contributed by atoms with Crippen LogP contribution < -0.4 is 0 Å². The van der Waals surface area contributed by atoms with E-state index in [4.69, 9.17) is 0 Å². The number of rotatable bonds is 9. The van der Waals surface area contributed by atoms with Crippen molar-refractivity contribution in [1.29, 1.82) is 0 Å². The van der Waals surface area contributed by atoms with Crippen molar-refractivity contribution in [1.82, 2.24) is 0 Å². The molecular formula is C10H26O2S2Si2. The molecule has 0 atom stereocenters. The molecule has 6 heteroatoms. The van der Waals surface area contributed by atoms with Crippen molar-refractivity contribution in [2.75, 3.05) is 11.5 Å². The van der Waals surface area contributed by atoms with Crippen LogP contribution in [-0.2, 0) is 0 Å². The fraction of sp³-hybridized carbons (Fsp3) is 1.00. The van der Waals surface area contributed by atoms with Crippen molar-refractivity contribution in [3.63, 3.8) is 0 Å². The zero-order chi connectivity index (χ0) is 12.7. The molecule has 0 saturated carbocycles. The second kappa shape index (κ2) is 8.21. The van der Waals surface area contributed by atoms with Gasteiger partial charge in [0.2, 0.25) is 0 Å². The van der Waals surface area contributed by atoms with E-state index in [2.05, 4.69) is 0 Å². The van der Waals surface area contributed by atoms with Gasteiger partial charge >= 0.3 is 0 Å². The third-order valence-electron chi connectivity index (χ3n) is 2.12. The summed E-state index contributed by atoms with van der Waals surface area (Å²) in [7, 11) is 0.197. The first-order valence-corrected chi connectivity index (χ1v) is 14.7. The summed E-state index contributed by atoms with van der Waals surface area (Å²) in [4.78, 5) is 19.3. The average Bonchev–Trinajstić information content (AvgIpc) is 2.06. The predicted molar refractivity (Wildman–Crippen MR) is 83.2 cm³/mol. The Morgan fingerprint density at radius 2 is 1.06 bits per heavy atom. The molecular weight excluding hydrogens is 272 g/mol. The fourth-order valence-corrected chi connectivity index (χ4v) is 6.02. The van der Waals surface area contributed by atoms with Gasteiger partial charge in [-0.25, -0.2) is 0 Å². The average molecular weight is 299 g/mol. The first kappa shape index (κ1) is 17.1. The third-order valence-corrected chi connectivity index (χ3v) is 7.85. The van der Waals surface area contributed by atoms with Gasteiger partial charge in [-0.3, -0.25) is 0 Å². The first-order valence-electron chi connectivity index (χ1n) is 5.90. The van der Waals surface area contributed by atoms with Gasteiger partial charge in [-0.2, -0.15) is 0 Å². The van der Waals surface area contributed by atoms with Crippen molar-refractivity contribution in [3.8, 4) is 0 Å². The minimum atomic E-state index is -1.81. The molecule has 0 amide bonds. The molecule has 0 saturated heterocycles. The maximum Gasteiger partial charge on any atom is 0.182 e. The van der Waals surface area contributed by atoms with Crippen LogP contribution in [0.5, 0.6) is 0 Å². The molecule has 0 unspecified atom stereocenters. The van der Waals surface area contributed by atoms with Crippen LogP contribution in [0.15, 0.2) is 0 Å². The highest BCUT2D eigenvalue weighted by Gasteiger charge is 2.16. The van der Waals surface area contributed by atoms with Gasteiger partial charge in [0, 0.05) is 11.5 Å². The van der Waals surface area contributed by atoms with E-state index in [0.29, 0.717) is 0 Å². The summed E-state index contributed by atoms with van der Waals surface area (Å²) in [5.41, 5.74) is 0. The standard InChI is InChI=1S/C10H26O2S2Si2/c1-15(2,11)9-5-7-13-14-8-6-10-16(3,4)12/h11-12H,5-10H2,1-4H3. The van der Waals surface area contributed by atoms with E-state index in [1.54, 1.807) is 0 Å². The largest absolute Gasteiger partial charge is 0.432 e. The van der Waals surface area contributed by atoms with Gasteiger partial charge in [0.15, 0.2) is 16.6 Å². The molecule has 2 N–H and O–H groups in total. The lowest BCUT2D eigenvalue weighted by Crippen LogP contribution is -2.24. The molecule has 0 rings (SSSR count). The van der Waals surface area contributed by atoms with Gasteiger partial charge < -0.3 is 9.59 Å². The van der Waals surface area contributed by atoms with E-state index in [9.17, 15) is 9.59 Å². The molecule has 0 spiro atoms. The van der Waals surface area contributed by atoms with Crippen LogP contribution in [0.4, 0.5) is 0 Å². The summed E-state index contributed by atoms with van der Waals surface area (Å²) >= 11 is 0. The maximum atomic E-state index is 9.65. The van der Waals surface area contributed by atoms with E-state index in [1.807, 2.05) is 47.8 Å². The van der Waals surface area contributed by atoms with Gasteiger partial charge in [0.05, 0.1) is 0 Å². The fourth-order valence-electron chi connectivity index (χ4n) is 1.25. The predicted octanol–water partition coefficient (Wildman–Crippen LogP) is 3.54. The van der Waals surface area contributed by atoms with Crippen molar-refractivity contribution >= 4 is 38.2 Å². The van der Waals surface area contributed by atoms with E-state index in [0.717, 1.165) is 36.4 Å². The van der Waals surface area contributed by atoms with Gasteiger partial charge in [-0.15, -0.1) is 0 Å². The van der Waals surface area contributed by atoms with E-state index < -0.39 is 16.6 Å². The van der Waals surface area contributed by atoms with Gasteiger partial charge in [-0.05, 0) is 51.1 Å². The number of hydrogen-bond donors (Lipinski definition) is 2. The van der Waals surface area contributed by atoms with Crippen LogP contribution in [0.3, 0.4) is 0 Å². The molecule has 16 heavy (non-hydrogen) atoms. The Labute approximate surface area is 110 Å². The zero-order valence-electron chi connectivity index (χ0n) is 11.0. The summed E-state index contributed by atoms with van der Waals surface area (Å²) in [6.45, 7) is 8.00. The molecule has 0 bridgehead atoms. The molecule has 0 aromatic carbocycles. The minimum Gasteiger partial charge on any atom is -0.432 e. The van der Waals surface area contributed by atoms with Crippen molar-refractivity contribution in [2.45, 2.75) is 51.1 Å². The second-order valence-electron chi connectivity index (χ2n) is 5.48. The van der Waals surface area contributed by atoms with Crippen LogP contribution in [0.2, 0.25) is 38.3 Å². The lowest BCUT2D eigenvalue weighted by Gasteiger charge is -2.13. The Bertz CT molecular complexity index is 159. The zero-order valence-corrected chi connectivity index (χ0v) is 14.6. The lowest BCUT2D eigenvalue weighted by atomic mass is 10.6. The highest BCUT2D eigenvalue weighted by atomic mass is 33.1. The van der Waals surface area contributed by atoms with Crippen molar-refractivity contribution in [3.05, 3.63) is 0 Å². The van der Waals surface area contributed by atoms with Crippen LogP contribution in [0, 0.1) is 0 Å².